The van der Waals surface area contributed by atoms with Crippen molar-refractivity contribution in [1.29, 1.82) is 0 Å². The molecular weight excluding hydrogens is 268 g/mol. The third kappa shape index (κ3) is 4.40. The largest absolute Gasteiger partial charge is 0.383 e. The van der Waals surface area contributed by atoms with Crippen LogP contribution in [0.25, 0.3) is 0 Å². The van der Waals surface area contributed by atoms with Crippen LogP contribution in [0.2, 0.25) is 0 Å². The molecule has 0 amide bonds. The van der Waals surface area contributed by atoms with Crippen molar-refractivity contribution in [2.45, 2.75) is 25.6 Å². The topological polar surface area (TPSA) is 24.5 Å². The Morgan fingerprint density at radius 2 is 2.30 bits per heavy atom. The maximum atomic E-state index is 5.09. The first kappa shape index (κ1) is 15.7. The van der Waals surface area contributed by atoms with Crippen molar-refractivity contribution in [3.63, 3.8) is 0 Å². The molecule has 0 bridgehead atoms. The van der Waals surface area contributed by atoms with Crippen molar-refractivity contribution in [3.05, 3.63) is 29.3 Å². The Kier molecular flexibility index (Phi) is 6.20. The van der Waals surface area contributed by atoms with Gasteiger partial charge >= 0.3 is 0 Å². The van der Waals surface area contributed by atoms with Crippen molar-refractivity contribution < 1.29 is 4.74 Å². The molecule has 1 atom stereocenters. The van der Waals surface area contributed by atoms with Gasteiger partial charge in [-0.15, -0.1) is 0 Å². The van der Waals surface area contributed by atoms with Crippen LogP contribution in [-0.4, -0.2) is 44.4 Å². The molecule has 0 spiro atoms. The lowest BCUT2D eigenvalue weighted by Gasteiger charge is -2.34. The lowest BCUT2D eigenvalue weighted by atomic mass is 10.1. The first-order valence-electron chi connectivity index (χ1n) is 7.36. The van der Waals surface area contributed by atoms with E-state index in [1.807, 2.05) is 0 Å². The van der Waals surface area contributed by atoms with Gasteiger partial charge in [-0.2, -0.15) is 11.8 Å². The molecule has 0 aromatic heterocycles. The van der Waals surface area contributed by atoms with Crippen LogP contribution in [0, 0.1) is 6.92 Å². The first-order valence-corrected chi connectivity index (χ1v) is 8.41. The normalized spacial score (nSPS) is 19.4. The van der Waals surface area contributed by atoms with Gasteiger partial charge in [0.15, 0.2) is 0 Å². The SMILES string of the molecule is COCCNCc1cc(C)ccc1N1CCSC(C)C1. The number of nitrogens with one attached hydrogen (secondary N) is 1. The summed E-state index contributed by atoms with van der Waals surface area (Å²) in [6, 6.07) is 6.81. The Bertz CT molecular complexity index is 425. The number of hydrogen-bond acceptors (Lipinski definition) is 4. The minimum Gasteiger partial charge on any atom is -0.383 e. The van der Waals surface area contributed by atoms with E-state index in [-0.39, 0.29) is 0 Å². The average molecular weight is 294 g/mol. The summed E-state index contributed by atoms with van der Waals surface area (Å²) in [6.07, 6.45) is 0. The molecule has 1 aromatic carbocycles. The second-order valence-electron chi connectivity index (χ2n) is 5.43. The van der Waals surface area contributed by atoms with Crippen molar-refractivity contribution in [2.24, 2.45) is 0 Å². The van der Waals surface area contributed by atoms with Gasteiger partial charge in [-0.3, -0.25) is 0 Å². The van der Waals surface area contributed by atoms with E-state index < -0.39 is 0 Å². The molecule has 1 fully saturated rings. The highest BCUT2D eigenvalue weighted by atomic mass is 32.2. The number of thioether (sulfide) groups is 1. The number of benzene rings is 1. The predicted octanol–water partition coefficient (Wildman–Crippen LogP) is 2.67. The fourth-order valence-corrected chi connectivity index (χ4v) is 3.61. The quantitative estimate of drug-likeness (QED) is 0.815. The zero-order valence-electron chi connectivity index (χ0n) is 12.8. The summed E-state index contributed by atoms with van der Waals surface area (Å²) in [7, 11) is 1.74. The van der Waals surface area contributed by atoms with E-state index in [1.165, 1.54) is 22.6 Å². The van der Waals surface area contributed by atoms with Crippen LogP contribution in [0.4, 0.5) is 5.69 Å². The first-order chi connectivity index (χ1) is 9.70. The summed E-state index contributed by atoms with van der Waals surface area (Å²) >= 11 is 2.08. The maximum Gasteiger partial charge on any atom is 0.0587 e. The number of aryl methyl sites for hydroxylation is 1. The van der Waals surface area contributed by atoms with Crippen LogP contribution >= 0.6 is 11.8 Å². The molecule has 1 saturated heterocycles. The second-order valence-corrected chi connectivity index (χ2v) is 6.98. The van der Waals surface area contributed by atoms with Crippen LogP contribution in [0.1, 0.15) is 18.1 Å². The van der Waals surface area contributed by atoms with E-state index in [9.17, 15) is 0 Å². The summed E-state index contributed by atoms with van der Waals surface area (Å²) in [4.78, 5) is 2.54. The molecule has 0 aliphatic carbocycles. The maximum absolute atomic E-state index is 5.09. The van der Waals surface area contributed by atoms with Crippen molar-refractivity contribution in [3.8, 4) is 0 Å². The highest BCUT2D eigenvalue weighted by Crippen LogP contribution is 2.27. The molecule has 3 nitrogen and oxygen atoms in total. The zero-order valence-corrected chi connectivity index (χ0v) is 13.6. The van der Waals surface area contributed by atoms with E-state index >= 15 is 0 Å². The second kappa shape index (κ2) is 7.91. The van der Waals surface area contributed by atoms with E-state index in [2.05, 4.69) is 54.0 Å². The molecule has 1 heterocycles. The average Bonchev–Trinajstić information content (AvgIpc) is 2.44. The van der Waals surface area contributed by atoms with Crippen molar-refractivity contribution in [2.75, 3.05) is 44.0 Å². The number of nitrogens with zero attached hydrogens (tertiary/aromatic N) is 1. The number of methoxy groups -OCH3 is 1. The van der Waals surface area contributed by atoms with Crippen molar-refractivity contribution >= 4 is 17.4 Å². The van der Waals surface area contributed by atoms with Crippen LogP contribution in [-0.2, 0) is 11.3 Å². The number of rotatable bonds is 6. The van der Waals surface area contributed by atoms with Crippen LogP contribution in [0.5, 0.6) is 0 Å². The van der Waals surface area contributed by atoms with E-state index in [0.717, 1.165) is 38.0 Å². The Labute approximate surface area is 127 Å². The molecule has 4 heteroatoms. The molecule has 1 unspecified atom stereocenters. The van der Waals surface area contributed by atoms with Crippen LogP contribution in [0.3, 0.4) is 0 Å². The smallest absolute Gasteiger partial charge is 0.0587 e. The molecule has 2 rings (SSSR count). The molecule has 1 N–H and O–H groups in total. The van der Waals surface area contributed by atoms with Crippen LogP contribution in [0.15, 0.2) is 18.2 Å². The van der Waals surface area contributed by atoms with Gasteiger partial charge in [0, 0.05) is 50.0 Å². The fourth-order valence-electron chi connectivity index (χ4n) is 2.60. The van der Waals surface area contributed by atoms with Gasteiger partial charge in [0.1, 0.15) is 0 Å². The van der Waals surface area contributed by atoms with E-state index in [4.69, 9.17) is 4.74 Å². The van der Waals surface area contributed by atoms with E-state index in [1.54, 1.807) is 7.11 Å². The summed E-state index contributed by atoms with van der Waals surface area (Å²) in [5.41, 5.74) is 4.13. The number of ether oxygens (including phenoxy) is 1. The fraction of sp³-hybridized carbons (Fsp3) is 0.625. The van der Waals surface area contributed by atoms with Gasteiger partial charge in [-0.25, -0.2) is 0 Å². The molecular formula is C16H26N2OS. The lowest BCUT2D eigenvalue weighted by Crippen LogP contribution is -2.37. The number of anilines is 1. The molecule has 20 heavy (non-hydrogen) atoms. The third-order valence-electron chi connectivity index (χ3n) is 3.62. The molecule has 1 aromatic rings. The Balaban J connectivity index is 2.06. The lowest BCUT2D eigenvalue weighted by molar-refractivity contribution is 0.199. The van der Waals surface area contributed by atoms with Gasteiger partial charge in [0.25, 0.3) is 0 Å². The molecule has 0 radical (unpaired) electrons. The molecule has 1 aliphatic rings. The minimum atomic E-state index is 0.722. The standard InChI is InChI=1S/C16H26N2OS/c1-13-4-5-16(18-7-9-20-14(2)12-18)15(10-13)11-17-6-8-19-3/h4-5,10,14,17H,6-9,11-12H2,1-3H3. The predicted molar refractivity (Wildman–Crippen MR) is 88.9 cm³/mol. The van der Waals surface area contributed by atoms with Gasteiger partial charge in [-0.05, 0) is 18.6 Å². The molecule has 0 saturated carbocycles. The van der Waals surface area contributed by atoms with Gasteiger partial charge < -0.3 is 15.0 Å². The van der Waals surface area contributed by atoms with Gasteiger partial charge in [-0.1, -0.05) is 24.6 Å². The minimum absolute atomic E-state index is 0.722. The summed E-state index contributed by atoms with van der Waals surface area (Å²) < 4.78 is 5.09. The molecule has 1 aliphatic heterocycles. The Morgan fingerprint density at radius 1 is 1.45 bits per heavy atom. The summed E-state index contributed by atoms with van der Waals surface area (Å²) in [5.74, 6) is 1.23. The summed E-state index contributed by atoms with van der Waals surface area (Å²) in [6.45, 7) is 9.37. The number of hydrogen-bond donors (Lipinski definition) is 1. The highest BCUT2D eigenvalue weighted by Gasteiger charge is 2.19. The Hall–Kier alpha value is -0.710. The summed E-state index contributed by atoms with van der Waals surface area (Å²) in [5, 5.41) is 4.19. The van der Waals surface area contributed by atoms with E-state index in [0.29, 0.717) is 0 Å². The highest BCUT2D eigenvalue weighted by molar-refractivity contribution is 8.00. The van der Waals surface area contributed by atoms with Crippen molar-refractivity contribution in [1.82, 2.24) is 5.32 Å². The Morgan fingerprint density at radius 3 is 3.05 bits per heavy atom. The van der Waals surface area contributed by atoms with Gasteiger partial charge in [0.2, 0.25) is 0 Å². The molecule has 112 valence electrons. The monoisotopic (exact) mass is 294 g/mol. The zero-order chi connectivity index (χ0) is 14.4. The third-order valence-corrected chi connectivity index (χ3v) is 4.75. The van der Waals surface area contributed by atoms with Gasteiger partial charge in [0.05, 0.1) is 6.61 Å². The van der Waals surface area contributed by atoms with Crippen LogP contribution < -0.4 is 10.2 Å².